The van der Waals surface area contributed by atoms with E-state index >= 15 is 0 Å². The van der Waals surface area contributed by atoms with Gasteiger partial charge in [0.05, 0.1) is 22.2 Å². The van der Waals surface area contributed by atoms with Crippen LogP contribution in [0, 0.1) is 10.8 Å². The fourth-order valence-corrected chi connectivity index (χ4v) is 3.29. The Morgan fingerprint density at radius 2 is 1.84 bits per heavy atom. The minimum atomic E-state index is -0.898. The van der Waals surface area contributed by atoms with Gasteiger partial charge in [0.2, 0.25) is 5.90 Å². The highest BCUT2D eigenvalue weighted by molar-refractivity contribution is 7.18. The van der Waals surface area contributed by atoms with Crippen LogP contribution >= 0.6 is 11.3 Å². The first-order chi connectivity index (χ1) is 11.8. The summed E-state index contributed by atoms with van der Waals surface area (Å²) in [5, 5.41) is 16.5. The van der Waals surface area contributed by atoms with Gasteiger partial charge in [-0.25, -0.2) is 4.98 Å². The van der Waals surface area contributed by atoms with Crippen LogP contribution in [-0.4, -0.2) is 22.3 Å². The molecule has 0 fully saturated rings. The number of rotatable bonds is 4. The zero-order valence-corrected chi connectivity index (χ0v) is 15.0. The van der Waals surface area contributed by atoms with Crippen LogP contribution in [0.5, 0.6) is 0 Å². The number of aromatic nitrogens is 1. The molecule has 128 valence electrons. The summed E-state index contributed by atoms with van der Waals surface area (Å²) in [7, 11) is 0. The van der Waals surface area contributed by atoms with E-state index in [1.165, 1.54) is 11.3 Å². The Bertz CT molecular complexity index is 925. The van der Waals surface area contributed by atoms with Gasteiger partial charge in [0.25, 0.3) is 0 Å². The molecule has 5 nitrogen and oxygen atoms in total. The predicted octanol–water partition coefficient (Wildman–Crippen LogP) is 4.21. The first-order valence-corrected chi connectivity index (χ1v) is 8.72. The van der Waals surface area contributed by atoms with Gasteiger partial charge in [-0.15, -0.1) is 11.3 Å². The van der Waals surface area contributed by atoms with Crippen molar-refractivity contribution in [1.82, 2.24) is 4.98 Å². The van der Waals surface area contributed by atoms with Crippen LogP contribution in [0.25, 0.3) is 21.3 Å². The van der Waals surface area contributed by atoms with Crippen LogP contribution in [-0.2, 0) is 11.2 Å². The second-order valence-corrected chi connectivity index (χ2v) is 7.52. The normalized spacial score (nSPS) is 11.5. The lowest BCUT2D eigenvalue weighted by atomic mass is 10.1. The molecule has 25 heavy (non-hydrogen) atoms. The van der Waals surface area contributed by atoms with Crippen LogP contribution < -0.4 is 5.73 Å². The number of thiazole rings is 1. The van der Waals surface area contributed by atoms with Crippen molar-refractivity contribution in [3.05, 3.63) is 53.5 Å². The van der Waals surface area contributed by atoms with Crippen LogP contribution in [0.4, 0.5) is 0 Å². The largest absolute Gasteiger partial charge is 0.427 e. The lowest BCUT2D eigenvalue weighted by molar-refractivity contribution is 0.453. The van der Waals surface area contributed by atoms with Gasteiger partial charge in [-0.1, -0.05) is 36.4 Å². The average molecular weight is 352 g/mol. The molecule has 1 heterocycles. The van der Waals surface area contributed by atoms with E-state index in [1.54, 1.807) is 13.8 Å². The third-order valence-electron chi connectivity index (χ3n) is 3.66. The van der Waals surface area contributed by atoms with Gasteiger partial charge in [-0.05, 0) is 37.1 Å². The summed E-state index contributed by atoms with van der Waals surface area (Å²) in [5.41, 5.74) is 8.10. The first kappa shape index (κ1) is 17.3. The summed E-state index contributed by atoms with van der Waals surface area (Å²) < 4.78 is 6.28. The number of nitrogens with zero attached hydrogens (tertiary/aromatic N) is 1. The predicted molar refractivity (Wildman–Crippen MR) is 104 cm³/mol. The maximum Gasteiger partial charge on any atom is 0.208 e. The van der Waals surface area contributed by atoms with Gasteiger partial charge in [-0.3, -0.25) is 10.8 Å². The third kappa shape index (κ3) is 4.10. The van der Waals surface area contributed by atoms with Crippen molar-refractivity contribution < 1.29 is 4.74 Å². The SMILES string of the molecule is CC(C)(N)C(=N)OC(=N)Cc1nc2ccc(-c3ccccc3)cc2s1. The number of hydrogen-bond acceptors (Lipinski definition) is 6. The molecule has 0 saturated carbocycles. The number of benzene rings is 2. The Morgan fingerprint density at radius 1 is 1.12 bits per heavy atom. The molecular formula is C19H20N4OS. The van der Waals surface area contributed by atoms with Gasteiger partial charge in [-0.2, -0.15) is 0 Å². The molecule has 0 amide bonds. The molecular weight excluding hydrogens is 332 g/mol. The van der Waals surface area contributed by atoms with E-state index in [0.29, 0.717) is 0 Å². The van der Waals surface area contributed by atoms with Crippen molar-refractivity contribution in [2.45, 2.75) is 25.8 Å². The van der Waals surface area contributed by atoms with Crippen molar-refractivity contribution >= 4 is 33.3 Å². The molecule has 1 aromatic heterocycles. The maximum absolute atomic E-state index is 7.93. The zero-order chi connectivity index (χ0) is 18.0. The van der Waals surface area contributed by atoms with E-state index < -0.39 is 5.54 Å². The highest BCUT2D eigenvalue weighted by atomic mass is 32.1. The minimum absolute atomic E-state index is 0.0223. The van der Waals surface area contributed by atoms with E-state index in [0.717, 1.165) is 26.4 Å². The number of nitrogens with two attached hydrogens (primary N) is 1. The molecule has 4 N–H and O–H groups in total. The zero-order valence-electron chi connectivity index (χ0n) is 14.2. The van der Waals surface area contributed by atoms with E-state index in [1.807, 2.05) is 24.3 Å². The first-order valence-electron chi connectivity index (χ1n) is 7.91. The Balaban J connectivity index is 1.78. The van der Waals surface area contributed by atoms with E-state index in [-0.39, 0.29) is 18.2 Å². The van der Waals surface area contributed by atoms with Crippen molar-refractivity contribution in [2.75, 3.05) is 0 Å². The summed E-state index contributed by atoms with van der Waals surface area (Å²) >= 11 is 1.54. The van der Waals surface area contributed by atoms with Crippen LogP contribution in [0.2, 0.25) is 0 Å². The number of nitrogens with one attached hydrogen (secondary N) is 2. The van der Waals surface area contributed by atoms with Crippen molar-refractivity contribution in [3.8, 4) is 11.1 Å². The number of fused-ring (bicyclic) bond motifs is 1. The highest BCUT2D eigenvalue weighted by Crippen LogP contribution is 2.28. The van der Waals surface area contributed by atoms with Crippen molar-refractivity contribution in [1.29, 1.82) is 10.8 Å². The fraction of sp³-hybridized carbons (Fsp3) is 0.211. The maximum atomic E-state index is 7.93. The van der Waals surface area contributed by atoms with Crippen molar-refractivity contribution in [2.24, 2.45) is 5.73 Å². The molecule has 0 atom stereocenters. The van der Waals surface area contributed by atoms with E-state index in [9.17, 15) is 0 Å². The second-order valence-electron chi connectivity index (χ2n) is 6.41. The lowest BCUT2D eigenvalue weighted by Gasteiger charge is -2.19. The fourth-order valence-electron chi connectivity index (χ4n) is 2.29. The Morgan fingerprint density at radius 3 is 2.52 bits per heavy atom. The molecule has 3 rings (SSSR count). The molecule has 0 aliphatic heterocycles. The third-order valence-corrected chi connectivity index (χ3v) is 4.68. The monoisotopic (exact) mass is 352 g/mol. The summed E-state index contributed by atoms with van der Waals surface area (Å²) in [6.45, 7) is 3.34. The quantitative estimate of drug-likeness (QED) is 0.484. The smallest absolute Gasteiger partial charge is 0.208 e. The van der Waals surface area contributed by atoms with Gasteiger partial charge in [0.15, 0.2) is 5.90 Å². The second kappa shape index (κ2) is 6.74. The molecule has 3 aromatic rings. The van der Waals surface area contributed by atoms with E-state index in [2.05, 4.69) is 29.2 Å². The molecule has 0 unspecified atom stereocenters. The van der Waals surface area contributed by atoms with Gasteiger partial charge < -0.3 is 10.5 Å². The summed E-state index contributed by atoms with van der Waals surface area (Å²) in [6.07, 6.45) is 0.248. The van der Waals surface area contributed by atoms with Gasteiger partial charge in [0.1, 0.15) is 5.01 Å². The standard InChI is InChI=1S/C19H20N4OS/c1-19(2,22)18(21)24-16(20)11-17-23-14-9-8-13(10-15(14)25-17)12-6-4-3-5-7-12/h3-10,20-21H,11,22H2,1-2H3. The Hall–Kier alpha value is -2.57. The van der Waals surface area contributed by atoms with Crippen LogP contribution in [0.1, 0.15) is 18.9 Å². The highest BCUT2D eigenvalue weighted by Gasteiger charge is 2.21. The van der Waals surface area contributed by atoms with Gasteiger partial charge in [0, 0.05) is 0 Å². The molecule has 6 heteroatoms. The van der Waals surface area contributed by atoms with Crippen LogP contribution in [0.3, 0.4) is 0 Å². The molecule has 0 radical (unpaired) electrons. The minimum Gasteiger partial charge on any atom is -0.427 e. The molecule has 0 saturated heterocycles. The molecule has 0 aliphatic rings. The molecule has 2 aromatic carbocycles. The Labute approximate surface area is 150 Å². The van der Waals surface area contributed by atoms with Crippen LogP contribution in [0.15, 0.2) is 48.5 Å². The molecule has 0 bridgehead atoms. The summed E-state index contributed by atoms with van der Waals surface area (Å²) in [6, 6.07) is 16.3. The number of hydrogen-bond donors (Lipinski definition) is 3. The molecule has 0 aliphatic carbocycles. The number of ether oxygens (including phenoxy) is 1. The molecule has 0 spiro atoms. The van der Waals surface area contributed by atoms with Crippen molar-refractivity contribution in [3.63, 3.8) is 0 Å². The van der Waals surface area contributed by atoms with E-state index in [4.69, 9.17) is 21.3 Å². The lowest BCUT2D eigenvalue weighted by Crippen LogP contribution is -2.43. The van der Waals surface area contributed by atoms with Gasteiger partial charge >= 0.3 is 0 Å². The average Bonchev–Trinajstić information content (AvgIpc) is 2.95. The Kier molecular flexibility index (Phi) is 4.65. The topological polar surface area (TPSA) is 95.8 Å². The summed E-state index contributed by atoms with van der Waals surface area (Å²) in [4.78, 5) is 4.55. The summed E-state index contributed by atoms with van der Waals surface area (Å²) in [5.74, 6) is -0.143.